The van der Waals surface area contributed by atoms with Gasteiger partial charge in [0.05, 0.1) is 18.2 Å². The molecule has 11 nitrogen and oxygen atoms in total. The van der Waals surface area contributed by atoms with Gasteiger partial charge in [0.25, 0.3) is 11.5 Å². The minimum atomic E-state index is -0.555. The second kappa shape index (κ2) is 10.5. The van der Waals surface area contributed by atoms with Crippen molar-refractivity contribution in [1.29, 1.82) is 0 Å². The summed E-state index contributed by atoms with van der Waals surface area (Å²) in [6, 6.07) is 8.23. The van der Waals surface area contributed by atoms with Gasteiger partial charge < -0.3 is 30.6 Å². The minimum Gasteiger partial charge on any atom is -0.474 e. The highest BCUT2D eigenvalue weighted by atomic mass is 16.5. The Morgan fingerprint density at radius 3 is 2.59 bits per heavy atom. The summed E-state index contributed by atoms with van der Waals surface area (Å²) in [6.45, 7) is 11.5. The SMILES string of the molecule is Cc1c(Nc2nc[nH]c(=O)c2C(=O)Nc2ccc(N3CCN(C(C)C)CC3)cc2)cnc2c1NCCO2. The zero-order valence-corrected chi connectivity index (χ0v) is 21.3. The molecule has 0 unspecified atom stereocenters. The maximum Gasteiger partial charge on any atom is 0.265 e. The van der Waals surface area contributed by atoms with Crippen molar-refractivity contribution < 1.29 is 9.53 Å². The molecule has 0 spiro atoms. The molecule has 2 aliphatic rings. The second-order valence-electron chi connectivity index (χ2n) is 9.45. The standard InChI is InChI=1S/C26H32N8O3/c1-16(2)33-9-11-34(12-10-33)19-6-4-18(5-7-19)31-25(36)21-23(29-15-30-24(21)35)32-20-14-28-26-22(17(20)3)27-8-13-37-26/h4-7,14-16,27H,8-13H2,1-3H3,(H,31,36)(H2,29,30,32,35). The molecule has 1 amide bonds. The van der Waals surface area contributed by atoms with Gasteiger partial charge in [0.1, 0.15) is 17.9 Å². The van der Waals surface area contributed by atoms with Crippen molar-refractivity contribution in [3.05, 3.63) is 58.3 Å². The first-order chi connectivity index (χ1) is 17.9. The number of hydrogen-bond acceptors (Lipinski definition) is 9. The summed E-state index contributed by atoms with van der Waals surface area (Å²) < 4.78 is 5.58. The lowest BCUT2D eigenvalue weighted by atomic mass is 10.1. The monoisotopic (exact) mass is 504 g/mol. The smallest absolute Gasteiger partial charge is 0.265 e. The summed E-state index contributed by atoms with van der Waals surface area (Å²) in [5, 5.41) is 9.20. The number of piperazine rings is 1. The van der Waals surface area contributed by atoms with Crippen molar-refractivity contribution in [3.8, 4) is 5.88 Å². The fourth-order valence-corrected chi connectivity index (χ4v) is 4.63. The zero-order chi connectivity index (χ0) is 25.9. The van der Waals surface area contributed by atoms with E-state index in [1.165, 1.54) is 6.33 Å². The van der Waals surface area contributed by atoms with Gasteiger partial charge in [0, 0.05) is 55.7 Å². The van der Waals surface area contributed by atoms with Crippen LogP contribution in [0.25, 0.3) is 0 Å². The molecule has 37 heavy (non-hydrogen) atoms. The number of aromatic amines is 1. The molecule has 5 rings (SSSR count). The van der Waals surface area contributed by atoms with Gasteiger partial charge in [-0.15, -0.1) is 0 Å². The third kappa shape index (κ3) is 5.21. The predicted octanol–water partition coefficient (Wildman–Crippen LogP) is 2.80. The highest BCUT2D eigenvalue weighted by Crippen LogP contribution is 2.34. The number of ether oxygens (including phenoxy) is 1. The molecule has 0 bridgehead atoms. The first-order valence-electron chi connectivity index (χ1n) is 12.5. The molecule has 2 aliphatic heterocycles. The lowest BCUT2D eigenvalue weighted by Gasteiger charge is -2.38. The van der Waals surface area contributed by atoms with E-state index in [4.69, 9.17) is 4.74 Å². The molecule has 0 aliphatic carbocycles. The Morgan fingerprint density at radius 2 is 1.86 bits per heavy atom. The van der Waals surface area contributed by atoms with Crippen LogP contribution in [0, 0.1) is 6.92 Å². The van der Waals surface area contributed by atoms with Crippen molar-refractivity contribution in [2.45, 2.75) is 26.8 Å². The molecule has 0 atom stereocenters. The summed E-state index contributed by atoms with van der Waals surface area (Å²) in [7, 11) is 0. The topological polar surface area (TPSA) is 128 Å². The summed E-state index contributed by atoms with van der Waals surface area (Å²) in [6.07, 6.45) is 2.86. The van der Waals surface area contributed by atoms with E-state index in [1.807, 2.05) is 31.2 Å². The quantitative estimate of drug-likeness (QED) is 0.401. The number of anilines is 5. The maximum atomic E-state index is 13.2. The summed E-state index contributed by atoms with van der Waals surface area (Å²) >= 11 is 0. The van der Waals surface area contributed by atoms with Crippen molar-refractivity contribution >= 4 is 34.5 Å². The van der Waals surface area contributed by atoms with E-state index in [9.17, 15) is 9.59 Å². The van der Waals surface area contributed by atoms with Gasteiger partial charge in [0.2, 0.25) is 5.88 Å². The van der Waals surface area contributed by atoms with Gasteiger partial charge in [-0.3, -0.25) is 14.5 Å². The number of nitrogens with zero attached hydrogens (tertiary/aromatic N) is 4. The fraction of sp³-hybridized carbons (Fsp3) is 0.385. The molecule has 2 aromatic heterocycles. The number of benzene rings is 1. The number of nitrogens with one attached hydrogen (secondary N) is 4. The number of carbonyl (C=O) groups is 1. The molecule has 194 valence electrons. The van der Waals surface area contributed by atoms with E-state index in [1.54, 1.807) is 6.20 Å². The molecule has 4 N–H and O–H groups in total. The molecule has 1 fully saturated rings. The van der Waals surface area contributed by atoms with E-state index in [0.717, 1.165) is 43.1 Å². The van der Waals surface area contributed by atoms with Crippen LogP contribution in [0.5, 0.6) is 5.88 Å². The molecular formula is C26H32N8O3. The van der Waals surface area contributed by atoms with Crippen LogP contribution in [-0.4, -0.2) is 71.1 Å². The van der Waals surface area contributed by atoms with Crippen LogP contribution >= 0.6 is 0 Å². The molecular weight excluding hydrogens is 472 g/mol. The molecule has 1 aromatic carbocycles. The number of hydrogen-bond donors (Lipinski definition) is 4. The normalized spacial score (nSPS) is 15.5. The highest BCUT2D eigenvalue weighted by Gasteiger charge is 2.22. The zero-order valence-electron chi connectivity index (χ0n) is 21.3. The predicted molar refractivity (Wildman–Crippen MR) is 144 cm³/mol. The van der Waals surface area contributed by atoms with Crippen LogP contribution < -0.4 is 31.1 Å². The summed E-state index contributed by atoms with van der Waals surface area (Å²) in [4.78, 5) is 41.7. The van der Waals surface area contributed by atoms with E-state index in [2.05, 4.69) is 54.5 Å². The lowest BCUT2D eigenvalue weighted by Crippen LogP contribution is -2.48. The average molecular weight is 505 g/mol. The highest BCUT2D eigenvalue weighted by molar-refractivity contribution is 6.07. The third-order valence-electron chi connectivity index (χ3n) is 6.81. The van der Waals surface area contributed by atoms with Gasteiger partial charge in [-0.05, 0) is 45.0 Å². The van der Waals surface area contributed by atoms with E-state index in [0.29, 0.717) is 36.4 Å². The number of fused-ring (bicyclic) bond motifs is 1. The maximum absolute atomic E-state index is 13.2. The molecule has 0 saturated carbocycles. The third-order valence-corrected chi connectivity index (χ3v) is 6.81. The Kier molecular flexibility index (Phi) is 6.95. The van der Waals surface area contributed by atoms with Crippen molar-refractivity contribution in [2.24, 2.45) is 0 Å². The van der Waals surface area contributed by atoms with E-state index >= 15 is 0 Å². The number of pyridine rings is 1. The van der Waals surface area contributed by atoms with Crippen molar-refractivity contribution in [2.75, 3.05) is 60.2 Å². The van der Waals surface area contributed by atoms with Gasteiger partial charge in [0.15, 0.2) is 5.82 Å². The number of rotatable bonds is 6. The Bertz CT molecular complexity index is 1330. The molecule has 4 heterocycles. The molecule has 0 radical (unpaired) electrons. The van der Waals surface area contributed by atoms with Crippen LogP contribution in [0.2, 0.25) is 0 Å². The van der Waals surface area contributed by atoms with E-state index in [-0.39, 0.29) is 11.4 Å². The van der Waals surface area contributed by atoms with Crippen LogP contribution in [0.4, 0.5) is 28.6 Å². The average Bonchev–Trinajstić information content (AvgIpc) is 2.91. The van der Waals surface area contributed by atoms with Gasteiger partial charge in [-0.1, -0.05) is 0 Å². The van der Waals surface area contributed by atoms with Gasteiger partial charge >= 0.3 is 0 Å². The van der Waals surface area contributed by atoms with Gasteiger partial charge in [-0.25, -0.2) is 9.97 Å². The first kappa shape index (κ1) is 24.6. The number of amides is 1. The molecule has 1 saturated heterocycles. The Hall–Kier alpha value is -4.12. The van der Waals surface area contributed by atoms with Crippen LogP contribution in [0.15, 0.2) is 41.6 Å². The fourth-order valence-electron chi connectivity index (χ4n) is 4.63. The molecule has 11 heteroatoms. The number of aromatic nitrogens is 3. The number of carbonyl (C=O) groups excluding carboxylic acids is 1. The van der Waals surface area contributed by atoms with Crippen LogP contribution in [0.3, 0.4) is 0 Å². The van der Waals surface area contributed by atoms with E-state index < -0.39 is 11.5 Å². The van der Waals surface area contributed by atoms with Gasteiger partial charge in [-0.2, -0.15) is 0 Å². The van der Waals surface area contributed by atoms with Crippen molar-refractivity contribution in [3.63, 3.8) is 0 Å². The largest absolute Gasteiger partial charge is 0.474 e. The van der Waals surface area contributed by atoms with Crippen LogP contribution in [0.1, 0.15) is 29.8 Å². The second-order valence-corrected chi connectivity index (χ2v) is 9.45. The minimum absolute atomic E-state index is 0.113. The van der Waals surface area contributed by atoms with Crippen molar-refractivity contribution in [1.82, 2.24) is 19.9 Å². The Morgan fingerprint density at radius 1 is 1.11 bits per heavy atom. The first-order valence-corrected chi connectivity index (χ1v) is 12.5. The number of H-pyrrole nitrogens is 1. The summed E-state index contributed by atoms with van der Waals surface area (Å²) in [5.74, 6) is 0.110. The summed E-state index contributed by atoms with van der Waals surface area (Å²) in [5.41, 5.74) is 3.29. The lowest BCUT2D eigenvalue weighted by molar-refractivity contribution is 0.102. The van der Waals surface area contributed by atoms with Crippen LogP contribution in [-0.2, 0) is 0 Å². The Balaban J connectivity index is 1.31. The Labute approximate surface area is 215 Å². The molecule has 3 aromatic rings.